The highest BCUT2D eigenvalue weighted by Gasteiger charge is 2.32. The van der Waals surface area contributed by atoms with Crippen molar-refractivity contribution in [1.82, 2.24) is 10.2 Å². The average Bonchev–Trinajstić information content (AvgIpc) is 3.14. The number of carbonyl (C=O) groups excluding carboxylic acids is 1. The molecule has 1 saturated heterocycles. The van der Waals surface area contributed by atoms with Gasteiger partial charge in [-0.05, 0) is 31.9 Å². The summed E-state index contributed by atoms with van der Waals surface area (Å²) in [6, 6.07) is 3.47. The van der Waals surface area contributed by atoms with Crippen molar-refractivity contribution in [3.63, 3.8) is 0 Å². The third-order valence-corrected chi connectivity index (χ3v) is 4.08. The zero-order chi connectivity index (χ0) is 16.2. The second-order valence-corrected chi connectivity index (χ2v) is 6.13. The zero-order valence-corrected chi connectivity index (χ0v) is 13.8. The topological polar surface area (TPSA) is 63.9 Å². The number of hydrogen-bond donors (Lipinski definition) is 1. The molecule has 0 radical (unpaired) electrons. The lowest BCUT2D eigenvalue weighted by molar-refractivity contribution is -0.153. The van der Waals surface area contributed by atoms with Crippen LogP contribution in [0, 0.1) is 5.92 Å². The number of nitrogens with one attached hydrogen (secondary N) is 1. The summed E-state index contributed by atoms with van der Waals surface area (Å²) < 4.78 is 16.5. The van der Waals surface area contributed by atoms with Crippen molar-refractivity contribution in [3.8, 4) is 0 Å². The van der Waals surface area contributed by atoms with E-state index in [1.165, 1.54) is 0 Å². The molecule has 2 atom stereocenters. The minimum absolute atomic E-state index is 0.107. The summed E-state index contributed by atoms with van der Waals surface area (Å²) in [6.45, 7) is 7.81. The molecule has 2 rings (SSSR count). The van der Waals surface area contributed by atoms with Crippen molar-refractivity contribution in [2.75, 3.05) is 26.8 Å². The van der Waals surface area contributed by atoms with Gasteiger partial charge in [0.25, 0.3) is 0 Å². The van der Waals surface area contributed by atoms with Gasteiger partial charge in [-0.15, -0.1) is 0 Å². The van der Waals surface area contributed by atoms with E-state index in [1.54, 1.807) is 18.2 Å². The Kier molecular flexibility index (Phi) is 5.47. The van der Waals surface area contributed by atoms with Crippen molar-refractivity contribution in [2.45, 2.75) is 39.0 Å². The van der Waals surface area contributed by atoms with Crippen LogP contribution in [0.2, 0.25) is 0 Å². The first-order valence-electron chi connectivity index (χ1n) is 7.73. The summed E-state index contributed by atoms with van der Waals surface area (Å²) in [4.78, 5) is 13.8. The Bertz CT molecular complexity index is 469. The van der Waals surface area contributed by atoms with Gasteiger partial charge in [-0.1, -0.05) is 6.92 Å². The highest BCUT2D eigenvalue weighted by molar-refractivity contribution is 5.74. The Labute approximate surface area is 131 Å². The SMILES string of the molecule is C[C@@H](CNC(=O)N(C)[C@@H](C)c1ccco1)CC1(C)OCCO1. The molecule has 2 heterocycles. The predicted molar refractivity (Wildman–Crippen MR) is 82.4 cm³/mol. The van der Waals surface area contributed by atoms with E-state index >= 15 is 0 Å². The minimum Gasteiger partial charge on any atom is -0.467 e. The normalized spacial score (nSPS) is 19.6. The molecule has 1 fully saturated rings. The van der Waals surface area contributed by atoms with E-state index in [-0.39, 0.29) is 18.0 Å². The maximum Gasteiger partial charge on any atom is 0.317 e. The smallest absolute Gasteiger partial charge is 0.317 e. The molecule has 1 N–H and O–H groups in total. The van der Waals surface area contributed by atoms with Crippen molar-refractivity contribution in [3.05, 3.63) is 24.2 Å². The highest BCUT2D eigenvalue weighted by Crippen LogP contribution is 2.26. The van der Waals surface area contributed by atoms with Crippen molar-refractivity contribution in [2.24, 2.45) is 5.92 Å². The number of hydrogen-bond acceptors (Lipinski definition) is 4. The number of carbonyl (C=O) groups is 1. The lowest BCUT2D eigenvalue weighted by Crippen LogP contribution is -2.41. The Morgan fingerprint density at radius 2 is 2.09 bits per heavy atom. The fourth-order valence-corrected chi connectivity index (χ4v) is 2.66. The molecule has 6 nitrogen and oxygen atoms in total. The van der Waals surface area contributed by atoms with E-state index in [1.807, 2.05) is 26.0 Å². The first-order chi connectivity index (χ1) is 10.4. The summed E-state index contributed by atoms with van der Waals surface area (Å²) >= 11 is 0. The van der Waals surface area contributed by atoms with Crippen molar-refractivity contribution in [1.29, 1.82) is 0 Å². The molecule has 0 aromatic carbocycles. The third kappa shape index (κ3) is 4.24. The summed E-state index contributed by atoms with van der Waals surface area (Å²) in [5, 5.41) is 2.95. The Hall–Kier alpha value is -1.53. The van der Waals surface area contributed by atoms with Gasteiger partial charge in [0.2, 0.25) is 0 Å². The van der Waals surface area contributed by atoms with Crippen LogP contribution in [0.4, 0.5) is 4.79 Å². The third-order valence-electron chi connectivity index (χ3n) is 4.08. The summed E-state index contributed by atoms with van der Waals surface area (Å²) in [5.41, 5.74) is 0. The molecule has 22 heavy (non-hydrogen) atoms. The molecule has 6 heteroatoms. The Morgan fingerprint density at radius 1 is 1.41 bits per heavy atom. The van der Waals surface area contributed by atoms with Gasteiger partial charge in [-0.2, -0.15) is 0 Å². The van der Waals surface area contributed by atoms with Gasteiger partial charge < -0.3 is 24.1 Å². The van der Waals surface area contributed by atoms with E-state index < -0.39 is 5.79 Å². The molecule has 1 aliphatic rings. The van der Waals surface area contributed by atoms with Crippen LogP contribution in [-0.4, -0.2) is 43.5 Å². The maximum atomic E-state index is 12.2. The van der Waals surface area contributed by atoms with Crippen LogP contribution in [0.3, 0.4) is 0 Å². The van der Waals surface area contributed by atoms with Gasteiger partial charge in [0.15, 0.2) is 5.79 Å². The second-order valence-electron chi connectivity index (χ2n) is 6.13. The average molecular weight is 310 g/mol. The molecule has 0 saturated carbocycles. The van der Waals surface area contributed by atoms with Crippen LogP contribution >= 0.6 is 0 Å². The van der Waals surface area contributed by atoms with Gasteiger partial charge in [0, 0.05) is 20.0 Å². The molecule has 0 unspecified atom stereocenters. The monoisotopic (exact) mass is 310 g/mol. The van der Waals surface area contributed by atoms with Crippen LogP contribution in [0.25, 0.3) is 0 Å². The van der Waals surface area contributed by atoms with E-state index in [0.29, 0.717) is 19.8 Å². The fourth-order valence-electron chi connectivity index (χ4n) is 2.66. The molecular formula is C16H26N2O4. The minimum atomic E-state index is -0.516. The van der Waals surface area contributed by atoms with Crippen LogP contribution in [0.15, 0.2) is 22.8 Å². The number of urea groups is 1. The Balaban J connectivity index is 1.76. The highest BCUT2D eigenvalue weighted by atomic mass is 16.7. The molecule has 0 bridgehead atoms. The molecule has 1 aromatic rings. The van der Waals surface area contributed by atoms with Crippen LogP contribution in [-0.2, 0) is 9.47 Å². The number of ether oxygens (including phenoxy) is 2. The molecular weight excluding hydrogens is 284 g/mol. The van der Waals surface area contributed by atoms with E-state index in [9.17, 15) is 4.79 Å². The molecule has 0 spiro atoms. The molecule has 2 amide bonds. The lowest BCUT2D eigenvalue weighted by Gasteiger charge is -2.27. The van der Waals surface area contributed by atoms with E-state index in [0.717, 1.165) is 12.2 Å². The molecule has 1 aliphatic heterocycles. The number of nitrogens with zero attached hydrogens (tertiary/aromatic N) is 1. The van der Waals surface area contributed by atoms with Gasteiger partial charge in [-0.3, -0.25) is 0 Å². The molecule has 0 aliphatic carbocycles. The van der Waals surface area contributed by atoms with Crippen LogP contribution < -0.4 is 5.32 Å². The predicted octanol–water partition coefficient (Wildman–Crippen LogP) is 2.77. The number of furan rings is 1. The van der Waals surface area contributed by atoms with Crippen molar-refractivity contribution < 1.29 is 18.7 Å². The zero-order valence-electron chi connectivity index (χ0n) is 13.8. The van der Waals surface area contributed by atoms with E-state index in [2.05, 4.69) is 12.2 Å². The van der Waals surface area contributed by atoms with Gasteiger partial charge in [0.1, 0.15) is 5.76 Å². The fraction of sp³-hybridized carbons (Fsp3) is 0.688. The Morgan fingerprint density at radius 3 is 2.68 bits per heavy atom. The largest absolute Gasteiger partial charge is 0.467 e. The quantitative estimate of drug-likeness (QED) is 0.877. The summed E-state index contributed by atoms with van der Waals surface area (Å²) in [7, 11) is 1.76. The molecule has 1 aromatic heterocycles. The number of amides is 2. The first kappa shape index (κ1) is 16.8. The number of rotatable bonds is 6. The second kappa shape index (κ2) is 7.15. The summed E-state index contributed by atoms with van der Waals surface area (Å²) in [6.07, 6.45) is 2.37. The molecule has 124 valence electrons. The maximum absolute atomic E-state index is 12.2. The van der Waals surface area contributed by atoms with Gasteiger partial charge >= 0.3 is 6.03 Å². The van der Waals surface area contributed by atoms with Crippen LogP contribution in [0.1, 0.15) is 39.0 Å². The lowest BCUT2D eigenvalue weighted by atomic mass is 10.0. The first-order valence-corrected chi connectivity index (χ1v) is 7.73. The standard InChI is InChI=1S/C16H26N2O4/c1-12(10-16(3)21-8-9-22-16)11-17-15(19)18(4)13(2)14-6-5-7-20-14/h5-7,12-13H,8-11H2,1-4H3,(H,17,19)/t12-,13+/m1/s1. The van der Waals surface area contributed by atoms with Crippen molar-refractivity contribution >= 4 is 6.03 Å². The summed E-state index contributed by atoms with van der Waals surface area (Å²) in [5.74, 6) is 0.516. The van der Waals surface area contributed by atoms with Crippen LogP contribution in [0.5, 0.6) is 0 Å². The van der Waals surface area contributed by atoms with E-state index in [4.69, 9.17) is 13.9 Å². The van der Waals surface area contributed by atoms with Gasteiger partial charge in [0.05, 0.1) is 25.5 Å². The van der Waals surface area contributed by atoms with Gasteiger partial charge in [-0.25, -0.2) is 4.79 Å².